The van der Waals surface area contributed by atoms with Gasteiger partial charge in [-0.15, -0.1) is 0 Å². The van der Waals surface area contributed by atoms with Gasteiger partial charge in [0.25, 0.3) is 0 Å². The van der Waals surface area contributed by atoms with Crippen molar-refractivity contribution in [3.05, 3.63) is 35.9 Å². The molecule has 0 fully saturated rings. The Kier molecular flexibility index (Phi) is 7.74. The van der Waals surface area contributed by atoms with Gasteiger partial charge >= 0.3 is 0 Å². The molecule has 0 unspecified atom stereocenters. The predicted octanol–water partition coefficient (Wildman–Crippen LogP) is 2.64. The van der Waals surface area contributed by atoms with Crippen molar-refractivity contribution in [1.82, 2.24) is 5.32 Å². The normalized spacial score (nSPS) is 10.6. The second-order valence-electron chi connectivity index (χ2n) is 3.95. The molecular formula is C14H23NO. The van der Waals surface area contributed by atoms with Gasteiger partial charge in [0.2, 0.25) is 0 Å². The number of hydrogen-bond donors (Lipinski definition) is 1. The summed E-state index contributed by atoms with van der Waals surface area (Å²) in [5, 5.41) is 3.39. The molecule has 1 N–H and O–H groups in total. The zero-order valence-corrected chi connectivity index (χ0v) is 10.2. The number of rotatable bonds is 9. The summed E-state index contributed by atoms with van der Waals surface area (Å²) in [5.74, 6) is 0. The van der Waals surface area contributed by atoms with Gasteiger partial charge in [-0.2, -0.15) is 0 Å². The number of aryl methyl sites for hydroxylation is 1. The van der Waals surface area contributed by atoms with Crippen LogP contribution in [-0.2, 0) is 11.2 Å². The van der Waals surface area contributed by atoms with E-state index in [9.17, 15) is 0 Å². The maximum absolute atomic E-state index is 5.39. The van der Waals surface area contributed by atoms with Crippen molar-refractivity contribution < 1.29 is 4.74 Å². The molecule has 1 aromatic rings. The molecule has 90 valence electrons. The zero-order chi connectivity index (χ0) is 11.5. The average molecular weight is 221 g/mol. The van der Waals surface area contributed by atoms with Crippen molar-refractivity contribution in [3.8, 4) is 0 Å². The number of ether oxygens (including phenoxy) is 1. The van der Waals surface area contributed by atoms with E-state index < -0.39 is 0 Å². The molecule has 1 aromatic carbocycles. The molecule has 0 saturated heterocycles. The lowest BCUT2D eigenvalue weighted by Gasteiger charge is -2.05. The minimum atomic E-state index is 0.833. The summed E-state index contributed by atoms with van der Waals surface area (Å²) in [5.41, 5.74) is 1.42. The summed E-state index contributed by atoms with van der Waals surface area (Å²) >= 11 is 0. The fourth-order valence-corrected chi connectivity index (χ4v) is 1.58. The first-order valence-corrected chi connectivity index (χ1v) is 6.26. The maximum atomic E-state index is 5.39. The molecule has 0 aliphatic heterocycles. The van der Waals surface area contributed by atoms with Crippen molar-refractivity contribution in [1.29, 1.82) is 0 Å². The molecule has 0 bridgehead atoms. The standard InChI is InChI=1S/C14H23NO/c1-2-12-16-13-11-15-10-6-9-14-7-4-3-5-8-14/h3-5,7-8,15H,2,6,9-13H2,1H3. The largest absolute Gasteiger partial charge is 0.380 e. The maximum Gasteiger partial charge on any atom is 0.0590 e. The topological polar surface area (TPSA) is 21.3 Å². The summed E-state index contributed by atoms with van der Waals surface area (Å²) in [6, 6.07) is 10.6. The summed E-state index contributed by atoms with van der Waals surface area (Å²) in [4.78, 5) is 0. The number of benzene rings is 1. The third-order valence-corrected chi connectivity index (χ3v) is 2.43. The monoisotopic (exact) mass is 221 g/mol. The van der Waals surface area contributed by atoms with Crippen molar-refractivity contribution in [2.75, 3.05) is 26.3 Å². The van der Waals surface area contributed by atoms with Crippen LogP contribution in [0.2, 0.25) is 0 Å². The SMILES string of the molecule is CCCOCCNCCCc1ccccc1. The molecule has 0 spiro atoms. The van der Waals surface area contributed by atoms with E-state index in [-0.39, 0.29) is 0 Å². The van der Waals surface area contributed by atoms with Crippen LogP contribution in [0.3, 0.4) is 0 Å². The Labute approximate surface area is 99.0 Å². The number of hydrogen-bond acceptors (Lipinski definition) is 2. The molecule has 0 amide bonds. The molecule has 1 rings (SSSR count). The molecule has 16 heavy (non-hydrogen) atoms. The second kappa shape index (κ2) is 9.37. The van der Waals surface area contributed by atoms with Gasteiger partial charge in [-0.25, -0.2) is 0 Å². The first kappa shape index (κ1) is 13.2. The van der Waals surface area contributed by atoms with Gasteiger partial charge in [-0.3, -0.25) is 0 Å². The highest BCUT2D eigenvalue weighted by Crippen LogP contribution is 2.01. The second-order valence-corrected chi connectivity index (χ2v) is 3.95. The highest BCUT2D eigenvalue weighted by molar-refractivity contribution is 5.14. The van der Waals surface area contributed by atoms with E-state index in [2.05, 4.69) is 42.6 Å². The van der Waals surface area contributed by atoms with E-state index in [1.54, 1.807) is 0 Å². The van der Waals surface area contributed by atoms with Crippen LogP contribution in [0.25, 0.3) is 0 Å². The highest BCUT2D eigenvalue weighted by atomic mass is 16.5. The quantitative estimate of drug-likeness (QED) is 0.647. The third kappa shape index (κ3) is 6.59. The summed E-state index contributed by atoms with van der Waals surface area (Å²) in [6.07, 6.45) is 3.45. The van der Waals surface area contributed by atoms with Crippen molar-refractivity contribution in [2.45, 2.75) is 26.2 Å². The Bertz CT molecular complexity index is 248. The molecule has 0 aliphatic carbocycles. The van der Waals surface area contributed by atoms with Gasteiger partial charge in [0, 0.05) is 13.2 Å². The van der Waals surface area contributed by atoms with E-state index in [4.69, 9.17) is 4.74 Å². The molecule has 0 aromatic heterocycles. The van der Waals surface area contributed by atoms with E-state index in [1.165, 1.54) is 12.0 Å². The molecular weight excluding hydrogens is 198 g/mol. The van der Waals surface area contributed by atoms with Gasteiger partial charge in [0.05, 0.1) is 6.61 Å². The first-order chi connectivity index (χ1) is 7.93. The fraction of sp³-hybridized carbons (Fsp3) is 0.571. The minimum Gasteiger partial charge on any atom is -0.380 e. The van der Waals surface area contributed by atoms with Crippen LogP contribution < -0.4 is 5.32 Å². The average Bonchev–Trinajstić information content (AvgIpc) is 2.34. The van der Waals surface area contributed by atoms with Crippen LogP contribution in [-0.4, -0.2) is 26.3 Å². The Morgan fingerprint density at radius 1 is 1.06 bits per heavy atom. The Morgan fingerprint density at radius 2 is 1.88 bits per heavy atom. The smallest absolute Gasteiger partial charge is 0.0590 e. The third-order valence-electron chi connectivity index (χ3n) is 2.43. The zero-order valence-electron chi connectivity index (χ0n) is 10.2. The molecule has 2 heteroatoms. The Hall–Kier alpha value is -0.860. The lowest BCUT2D eigenvalue weighted by molar-refractivity contribution is 0.136. The van der Waals surface area contributed by atoms with Crippen LogP contribution in [0, 0.1) is 0 Å². The number of nitrogens with one attached hydrogen (secondary N) is 1. The van der Waals surface area contributed by atoms with E-state index in [0.29, 0.717) is 0 Å². The van der Waals surface area contributed by atoms with E-state index in [0.717, 1.165) is 39.1 Å². The van der Waals surface area contributed by atoms with Crippen LogP contribution in [0.15, 0.2) is 30.3 Å². The van der Waals surface area contributed by atoms with Crippen molar-refractivity contribution >= 4 is 0 Å². The lowest BCUT2D eigenvalue weighted by Crippen LogP contribution is -2.21. The van der Waals surface area contributed by atoms with Gasteiger partial charge < -0.3 is 10.1 Å². The first-order valence-electron chi connectivity index (χ1n) is 6.26. The molecule has 0 heterocycles. The van der Waals surface area contributed by atoms with E-state index >= 15 is 0 Å². The summed E-state index contributed by atoms with van der Waals surface area (Å²) in [6.45, 7) is 5.89. The summed E-state index contributed by atoms with van der Waals surface area (Å²) < 4.78 is 5.39. The van der Waals surface area contributed by atoms with Gasteiger partial charge in [-0.05, 0) is 31.4 Å². The van der Waals surface area contributed by atoms with Gasteiger partial charge in [-0.1, -0.05) is 37.3 Å². The Morgan fingerprint density at radius 3 is 2.62 bits per heavy atom. The van der Waals surface area contributed by atoms with E-state index in [1.807, 2.05) is 0 Å². The van der Waals surface area contributed by atoms with Crippen LogP contribution in [0.1, 0.15) is 25.3 Å². The Balaban J connectivity index is 1.89. The van der Waals surface area contributed by atoms with Crippen molar-refractivity contribution in [2.24, 2.45) is 0 Å². The summed E-state index contributed by atoms with van der Waals surface area (Å²) in [7, 11) is 0. The fourth-order valence-electron chi connectivity index (χ4n) is 1.58. The molecule has 0 saturated carbocycles. The minimum absolute atomic E-state index is 0.833. The lowest BCUT2D eigenvalue weighted by atomic mass is 10.1. The highest BCUT2D eigenvalue weighted by Gasteiger charge is 1.92. The van der Waals surface area contributed by atoms with Crippen LogP contribution in [0.4, 0.5) is 0 Å². The molecule has 0 aliphatic rings. The molecule has 0 radical (unpaired) electrons. The van der Waals surface area contributed by atoms with Crippen LogP contribution in [0.5, 0.6) is 0 Å². The van der Waals surface area contributed by atoms with Crippen LogP contribution >= 0.6 is 0 Å². The van der Waals surface area contributed by atoms with Gasteiger partial charge in [0.1, 0.15) is 0 Å². The molecule has 2 nitrogen and oxygen atoms in total. The predicted molar refractivity (Wildman–Crippen MR) is 68.7 cm³/mol. The van der Waals surface area contributed by atoms with Crippen molar-refractivity contribution in [3.63, 3.8) is 0 Å². The molecule has 0 atom stereocenters. The van der Waals surface area contributed by atoms with Gasteiger partial charge in [0.15, 0.2) is 0 Å².